The van der Waals surface area contributed by atoms with Crippen LogP contribution in [0.2, 0.25) is 0 Å². The van der Waals surface area contributed by atoms with E-state index in [-0.39, 0.29) is 12.5 Å². The maximum Gasteiger partial charge on any atom is 0.255 e. The standard InChI is InChI=1S/C20H21N3O4/c1-2-26-19-10-16(20(24)23-8-9-25-14-17(23)11-21)5-6-18(19)27-13-15-4-3-7-22-12-15/h3-7,10,12,17H,2,8-9,13-14H2,1H3/t17-/m0/s1. The molecule has 7 heteroatoms. The third-order valence-electron chi connectivity index (χ3n) is 4.15. The first-order valence-corrected chi connectivity index (χ1v) is 8.79. The lowest BCUT2D eigenvalue weighted by molar-refractivity contribution is 0.0132. The Hall–Kier alpha value is -3.11. The highest BCUT2D eigenvalue weighted by Gasteiger charge is 2.28. The molecule has 1 amide bonds. The van der Waals surface area contributed by atoms with Crippen LogP contribution in [-0.4, -0.2) is 48.2 Å². The Morgan fingerprint density at radius 3 is 3.00 bits per heavy atom. The number of hydrogen-bond donors (Lipinski definition) is 0. The van der Waals surface area contributed by atoms with Crippen molar-refractivity contribution in [3.8, 4) is 17.6 Å². The number of nitriles is 1. The van der Waals surface area contributed by atoms with E-state index in [4.69, 9.17) is 14.2 Å². The van der Waals surface area contributed by atoms with Crippen molar-refractivity contribution < 1.29 is 19.0 Å². The quantitative estimate of drug-likeness (QED) is 0.780. The van der Waals surface area contributed by atoms with Gasteiger partial charge in [0.1, 0.15) is 12.6 Å². The van der Waals surface area contributed by atoms with Gasteiger partial charge in [0, 0.05) is 30.1 Å². The topological polar surface area (TPSA) is 84.7 Å². The van der Waals surface area contributed by atoms with E-state index in [2.05, 4.69) is 11.1 Å². The first kappa shape index (κ1) is 18.7. The number of pyridine rings is 1. The van der Waals surface area contributed by atoms with E-state index >= 15 is 0 Å². The maximum absolute atomic E-state index is 12.8. The molecule has 1 fully saturated rings. The highest BCUT2D eigenvalue weighted by molar-refractivity contribution is 5.95. The van der Waals surface area contributed by atoms with Gasteiger partial charge < -0.3 is 19.1 Å². The number of rotatable bonds is 6. The van der Waals surface area contributed by atoms with Crippen molar-refractivity contribution in [2.75, 3.05) is 26.4 Å². The molecule has 0 unspecified atom stereocenters. The van der Waals surface area contributed by atoms with E-state index in [0.29, 0.717) is 43.4 Å². The number of ether oxygens (including phenoxy) is 3. The molecule has 1 saturated heterocycles. The maximum atomic E-state index is 12.8. The molecule has 0 radical (unpaired) electrons. The second-order valence-corrected chi connectivity index (χ2v) is 5.96. The molecule has 140 valence electrons. The zero-order valence-electron chi connectivity index (χ0n) is 15.1. The molecule has 27 heavy (non-hydrogen) atoms. The van der Waals surface area contributed by atoms with Crippen LogP contribution in [0.4, 0.5) is 0 Å². The Bertz CT molecular complexity index is 820. The second-order valence-electron chi connectivity index (χ2n) is 5.96. The van der Waals surface area contributed by atoms with Crippen LogP contribution in [0.5, 0.6) is 11.5 Å². The SMILES string of the molecule is CCOc1cc(C(=O)N2CCOC[C@@H]2C#N)ccc1OCc1cccnc1. The fourth-order valence-corrected chi connectivity index (χ4v) is 2.79. The average Bonchev–Trinajstić information content (AvgIpc) is 2.73. The van der Waals surface area contributed by atoms with Gasteiger partial charge in [-0.25, -0.2) is 0 Å². The van der Waals surface area contributed by atoms with Gasteiger partial charge in [-0.2, -0.15) is 5.26 Å². The summed E-state index contributed by atoms with van der Waals surface area (Å²) in [7, 11) is 0. The Morgan fingerprint density at radius 2 is 2.26 bits per heavy atom. The Kier molecular flexibility index (Phi) is 6.23. The summed E-state index contributed by atoms with van der Waals surface area (Å²) in [4.78, 5) is 18.4. The molecule has 3 rings (SSSR count). The van der Waals surface area contributed by atoms with Gasteiger partial charge in [0.15, 0.2) is 11.5 Å². The predicted molar refractivity (Wildman–Crippen MR) is 97.4 cm³/mol. The van der Waals surface area contributed by atoms with Gasteiger partial charge in [-0.15, -0.1) is 0 Å². The molecule has 0 aliphatic carbocycles. The number of amides is 1. The summed E-state index contributed by atoms with van der Waals surface area (Å²) in [5, 5.41) is 9.24. The van der Waals surface area contributed by atoms with Crippen molar-refractivity contribution >= 4 is 5.91 Å². The first-order chi connectivity index (χ1) is 13.2. The lowest BCUT2D eigenvalue weighted by Gasteiger charge is -2.31. The predicted octanol–water partition coefficient (Wildman–Crippen LogP) is 2.42. The normalized spacial score (nSPS) is 16.4. The average molecular weight is 367 g/mol. The van der Waals surface area contributed by atoms with Crippen LogP contribution in [0, 0.1) is 11.3 Å². The minimum atomic E-state index is -0.580. The molecule has 0 N–H and O–H groups in total. The molecule has 0 spiro atoms. The van der Waals surface area contributed by atoms with Crippen molar-refractivity contribution in [2.45, 2.75) is 19.6 Å². The zero-order chi connectivity index (χ0) is 19.1. The molecule has 1 aromatic carbocycles. The van der Waals surface area contributed by atoms with E-state index < -0.39 is 6.04 Å². The number of aromatic nitrogens is 1. The van der Waals surface area contributed by atoms with Gasteiger partial charge in [0.05, 0.1) is 25.9 Å². The van der Waals surface area contributed by atoms with E-state index in [0.717, 1.165) is 5.56 Å². The van der Waals surface area contributed by atoms with Crippen LogP contribution >= 0.6 is 0 Å². The van der Waals surface area contributed by atoms with Crippen molar-refractivity contribution in [3.63, 3.8) is 0 Å². The number of nitrogens with zero attached hydrogens (tertiary/aromatic N) is 3. The molecular formula is C20H21N3O4. The minimum Gasteiger partial charge on any atom is -0.490 e. The molecular weight excluding hydrogens is 346 g/mol. The van der Waals surface area contributed by atoms with Crippen LogP contribution in [-0.2, 0) is 11.3 Å². The van der Waals surface area contributed by atoms with Crippen LogP contribution in [0.1, 0.15) is 22.8 Å². The smallest absolute Gasteiger partial charge is 0.255 e. The van der Waals surface area contributed by atoms with Gasteiger partial charge in [-0.1, -0.05) is 6.07 Å². The molecule has 1 aliphatic heterocycles. The Morgan fingerprint density at radius 1 is 1.37 bits per heavy atom. The number of morpholine rings is 1. The van der Waals surface area contributed by atoms with E-state index in [1.165, 1.54) is 4.90 Å². The summed E-state index contributed by atoms with van der Waals surface area (Å²) in [6, 6.07) is 10.4. The third-order valence-corrected chi connectivity index (χ3v) is 4.15. The number of carbonyl (C=O) groups excluding carboxylic acids is 1. The molecule has 1 aliphatic rings. The van der Waals surface area contributed by atoms with E-state index in [9.17, 15) is 10.1 Å². The molecule has 0 saturated carbocycles. The highest BCUT2D eigenvalue weighted by Crippen LogP contribution is 2.30. The van der Waals surface area contributed by atoms with Crippen molar-refractivity contribution in [1.82, 2.24) is 9.88 Å². The number of carbonyl (C=O) groups is 1. The van der Waals surface area contributed by atoms with Crippen molar-refractivity contribution in [2.24, 2.45) is 0 Å². The number of benzene rings is 1. The summed E-state index contributed by atoms with van der Waals surface area (Å²) < 4.78 is 16.8. The third kappa shape index (κ3) is 4.54. The van der Waals surface area contributed by atoms with Crippen LogP contribution in [0.3, 0.4) is 0 Å². The molecule has 1 aromatic heterocycles. The molecule has 0 bridgehead atoms. The van der Waals surface area contributed by atoms with Gasteiger partial charge >= 0.3 is 0 Å². The van der Waals surface area contributed by atoms with E-state index in [1.807, 2.05) is 19.1 Å². The van der Waals surface area contributed by atoms with Crippen molar-refractivity contribution in [3.05, 3.63) is 53.9 Å². The largest absolute Gasteiger partial charge is 0.490 e. The summed E-state index contributed by atoms with van der Waals surface area (Å²) in [5.41, 5.74) is 1.39. The van der Waals surface area contributed by atoms with Crippen LogP contribution in [0.25, 0.3) is 0 Å². The highest BCUT2D eigenvalue weighted by atomic mass is 16.5. The fraction of sp³-hybridized carbons (Fsp3) is 0.350. The second kappa shape index (κ2) is 9.01. The molecule has 2 heterocycles. The van der Waals surface area contributed by atoms with Gasteiger partial charge in [0.2, 0.25) is 0 Å². The van der Waals surface area contributed by atoms with Gasteiger partial charge in [0.25, 0.3) is 5.91 Å². The Balaban J connectivity index is 1.78. The minimum absolute atomic E-state index is 0.218. The molecule has 7 nitrogen and oxygen atoms in total. The van der Waals surface area contributed by atoms with Gasteiger partial charge in [-0.3, -0.25) is 9.78 Å². The van der Waals surface area contributed by atoms with Gasteiger partial charge in [-0.05, 0) is 31.2 Å². The lowest BCUT2D eigenvalue weighted by atomic mass is 10.1. The van der Waals surface area contributed by atoms with Crippen LogP contribution in [0.15, 0.2) is 42.7 Å². The zero-order valence-corrected chi connectivity index (χ0v) is 15.1. The van der Waals surface area contributed by atoms with E-state index in [1.54, 1.807) is 30.6 Å². The summed E-state index contributed by atoms with van der Waals surface area (Å²) in [6.07, 6.45) is 3.44. The monoisotopic (exact) mass is 367 g/mol. The Labute approximate surface area is 158 Å². The molecule has 2 aromatic rings. The fourth-order valence-electron chi connectivity index (χ4n) is 2.79. The lowest BCUT2D eigenvalue weighted by Crippen LogP contribution is -2.47. The summed E-state index contributed by atoms with van der Waals surface area (Å²) in [5.74, 6) is 0.828. The van der Waals surface area contributed by atoms with Crippen molar-refractivity contribution in [1.29, 1.82) is 5.26 Å². The number of hydrogen-bond acceptors (Lipinski definition) is 6. The summed E-state index contributed by atoms with van der Waals surface area (Å²) in [6.45, 7) is 3.70. The van der Waals surface area contributed by atoms with Crippen LogP contribution < -0.4 is 9.47 Å². The summed E-state index contributed by atoms with van der Waals surface area (Å²) >= 11 is 0. The molecule has 1 atom stereocenters. The first-order valence-electron chi connectivity index (χ1n) is 8.79.